The minimum absolute atomic E-state index is 0.150. The lowest BCUT2D eigenvalue weighted by Crippen LogP contribution is -2.07. The molecule has 0 amide bonds. The number of rotatable bonds is 8. The molecule has 0 fully saturated rings. The van der Waals surface area contributed by atoms with Gasteiger partial charge in [0.15, 0.2) is 29.6 Å². The van der Waals surface area contributed by atoms with Gasteiger partial charge >= 0.3 is 0 Å². The predicted molar refractivity (Wildman–Crippen MR) is 123 cm³/mol. The van der Waals surface area contributed by atoms with Crippen molar-refractivity contribution in [1.82, 2.24) is 24.1 Å². The van der Waals surface area contributed by atoms with Crippen molar-refractivity contribution >= 4 is 22.9 Å². The van der Waals surface area contributed by atoms with Crippen LogP contribution in [0.3, 0.4) is 0 Å². The van der Waals surface area contributed by atoms with Crippen LogP contribution in [0.2, 0.25) is 0 Å². The van der Waals surface area contributed by atoms with Gasteiger partial charge in [-0.1, -0.05) is 19.0 Å². The maximum absolute atomic E-state index is 5.44. The highest BCUT2D eigenvalue weighted by atomic mass is 16.6. The highest BCUT2D eigenvalue weighted by Gasteiger charge is 2.18. The summed E-state index contributed by atoms with van der Waals surface area (Å²) in [6.07, 6.45) is 3.31. The first-order valence-electron chi connectivity index (χ1n) is 10.5. The van der Waals surface area contributed by atoms with Crippen molar-refractivity contribution in [3.8, 4) is 11.5 Å². The monoisotopic (exact) mass is 436 g/mol. The third-order valence-corrected chi connectivity index (χ3v) is 5.42. The molecule has 3 aromatic heterocycles. The van der Waals surface area contributed by atoms with Gasteiger partial charge in [0.2, 0.25) is 0 Å². The summed E-state index contributed by atoms with van der Waals surface area (Å²) in [7, 11) is 3.19. The molecule has 0 atom stereocenters. The molecule has 0 saturated heterocycles. The fraction of sp³-hybridized carbons (Fsp3) is 0.391. The molecule has 1 aromatic carbocycles. The van der Waals surface area contributed by atoms with Gasteiger partial charge in [0, 0.05) is 17.8 Å². The van der Waals surface area contributed by atoms with Crippen LogP contribution in [0.1, 0.15) is 36.5 Å². The van der Waals surface area contributed by atoms with Crippen molar-refractivity contribution in [2.45, 2.75) is 40.8 Å². The standard InChI is InChI=1S/C23H28N6O3/c1-14(2)11-28-16(4)15(3)21-22(28)24-13-29-23(21)26-20(27-29)12-32-25-10-17-7-8-18(30-5)19(9-17)31-6/h7-10,13-14H,11-12H2,1-6H3. The van der Waals surface area contributed by atoms with Crippen LogP contribution in [0, 0.1) is 19.8 Å². The van der Waals surface area contributed by atoms with E-state index in [0.717, 1.165) is 28.8 Å². The molecule has 0 aliphatic rings. The third-order valence-electron chi connectivity index (χ3n) is 5.42. The van der Waals surface area contributed by atoms with Crippen molar-refractivity contribution in [2.24, 2.45) is 11.1 Å². The molecule has 0 radical (unpaired) electrons. The molecule has 4 aromatic rings. The summed E-state index contributed by atoms with van der Waals surface area (Å²) in [5.74, 6) is 2.35. The van der Waals surface area contributed by atoms with Crippen LogP contribution >= 0.6 is 0 Å². The molecule has 3 heterocycles. The van der Waals surface area contributed by atoms with E-state index in [2.05, 4.69) is 47.5 Å². The number of nitrogens with zero attached hydrogens (tertiary/aromatic N) is 6. The summed E-state index contributed by atoms with van der Waals surface area (Å²) < 4.78 is 14.5. The number of benzene rings is 1. The molecule has 0 unspecified atom stereocenters. The zero-order valence-corrected chi connectivity index (χ0v) is 19.3. The van der Waals surface area contributed by atoms with Crippen molar-refractivity contribution in [2.75, 3.05) is 14.2 Å². The largest absolute Gasteiger partial charge is 0.493 e. The zero-order chi connectivity index (χ0) is 22.8. The number of fused-ring (bicyclic) bond motifs is 3. The minimum atomic E-state index is 0.150. The Morgan fingerprint density at radius 3 is 2.59 bits per heavy atom. The Hall–Kier alpha value is -3.62. The van der Waals surface area contributed by atoms with E-state index in [1.165, 1.54) is 11.3 Å². The maximum atomic E-state index is 5.44. The van der Waals surface area contributed by atoms with Gasteiger partial charge in [-0.2, -0.15) is 0 Å². The van der Waals surface area contributed by atoms with Crippen LogP contribution < -0.4 is 9.47 Å². The fourth-order valence-electron chi connectivity index (χ4n) is 3.75. The molecule has 32 heavy (non-hydrogen) atoms. The summed E-state index contributed by atoms with van der Waals surface area (Å²) in [5.41, 5.74) is 4.92. The first kappa shape index (κ1) is 21.6. The first-order chi connectivity index (χ1) is 15.4. The average molecular weight is 437 g/mol. The second-order valence-electron chi connectivity index (χ2n) is 8.08. The van der Waals surface area contributed by atoms with Crippen LogP contribution in [0.5, 0.6) is 11.5 Å². The molecule has 0 saturated carbocycles. The number of aromatic nitrogens is 5. The third kappa shape index (κ3) is 3.98. The second-order valence-corrected chi connectivity index (χ2v) is 8.08. The van der Waals surface area contributed by atoms with Gasteiger partial charge in [0.05, 0.1) is 25.8 Å². The summed E-state index contributed by atoms with van der Waals surface area (Å²) >= 11 is 0. The van der Waals surface area contributed by atoms with Gasteiger partial charge in [-0.25, -0.2) is 14.5 Å². The van der Waals surface area contributed by atoms with Crippen LogP contribution in [-0.2, 0) is 18.0 Å². The SMILES string of the molecule is COc1ccc(C=NOCc2nc3c4c(C)c(C)n(CC(C)C)c4ncn3n2)cc1OC. The minimum Gasteiger partial charge on any atom is -0.493 e. The Labute approximate surface area is 186 Å². The molecule has 0 aliphatic carbocycles. The Balaban J connectivity index is 1.54. The molecular formula is C23H28N6O3. The summed E-state index contributed by atoms with van der Waals surface area (Å²) in [5, 5.41) is 9.56. The van der Waals surface area contributed by atoms with Gasteiger partial charge < -0.3 is 18.9 Å². The highest BCUT2D eigenvalue weighted by molar-refractivity contribution is 5.93. The molecular weight excluding hydrogens is 408 g/mol. The fourth-order valence-corrected chi connectivity index (χ4v) is 3.75. The van der Waals surface area contributed by atoms with Crippen molar-refractivity contribution < 1.29 is 14.3 Å². The van der Waals surface area contributed by atoms with Gasteiger partial charge in [-0.15, -0.1) is 5.10 Å². The van der Waals surface area contributed by atoms with Crippen LogP contribution in [0.25, 0.3) is 16.7 Å². The number of aryl methyl sites for hydroxylation is 1. The molecule has 0 spiro atoms. The Bertz CT molecular complexity index is 1290. The van der Waals surface area contributed by atoms with E-state index in [0.29, 0.717) is 23.2 Å². The lowest BCUT2D eigenvalue weighted by atomic mass is 10.2. The molecule has 0 bridgehead atoms. The van der Waals surface area contributed by atoms with E-state index >= 15 is 0 Å². The topological polar surface area (TPSA) is 88.1 Å². The summed E-state index contributed by atoms with van der Waals surface area (Å²) in [6.45, 7) is 9.70. The van der Waals surface area contributed by atoms with E-state index in [4.69, 9.17) is 19.3 Å². The van der Waals surface area contributed by atoms with Gasteiger partial charge in [0.25, 0.3) is 0 Å². The number of methoxy groups -OCH3 is 2. The van der Waals surface area contributed by atoms with E-state index in [1.807, 2.05) is 18.2 Å². The van der Waals surface area contributed by atoms with E-state index in [-0.39, 0.29) is 6.61 Å². The van der Waals surface area contributed by atoms with Crippen LogP contribution in [0.4, 0.5) is 0 Å². The summed E-state index contributed by atoms with van der Waals surface area (Å²) in [4.78, 5) is 14.8. The molecule has 0 N–H and O–H groups in total. The van der Waals surface area contributed by atoms with Crippen molar-refractivity contribution in [3.63, 3.8) is 0 Å². The predicted octanol–water partition coefficient (Wildman–Crippen LogP) is 3.92. The van der Waals surface area contributed by atoms with E-state index in [1.54, 1.807) is 31.3 Å². The number of hydrogen-bond donors (Lipinski definition) is 0. The Kier molecular flexibility index (Phi) is 5.98. The Morgan fingerprint density at radius 1 is 1.09 bits per heavy atom. The molecule has 168 valence electrons. The van der Waals surface area contributed by atoms with Gasteiger partial charge in [-0.05, 0) is 43.5 Å². The molecule has 9 nitrogen and oxygen atoms in total. The van der Waals surface area contributed by atoms with Crippen LogP contribution in [-0.4, -0.2) is 44.6 Å². The number of hydrogen-bond acceptors (Lipinski definition) is 7. The normalized spacial score (nSPS) is 11.8. The highest BCUT2D eigenvalue weighted by Crippen LogP contribution is 2.28. The summed E-state index contributed by atoms with van der Waals surface area (Å²) in [6, 6.07) is 5.51. The lowest BCUT2D eigenvalue weighted by molar-refractivity contribution is 0.126. The smallest absolute Gasteiger partial charge is 0.192 e. The van der Waals surface area contributed by atoms with E-state index < -0.39 is 0 Å². The average Bonchev–Trinajstić information content (AvgIpc) is 3.30. The maximum Gasteiger partial charge on any atom is 0.192 e. The second kappa shape index (κ2) is 8.86. The quantitative estimate of drug-likeness (QED) is 0.307. The first-order valence-corrected chi connectivity index (χ1v) is 10.5. The number of oxime groups is 1. The Morgan fingerprint density at radius 2 is 1.88 bits per heavy atom. The van der Waals surface area contributed by atoms with Gasteiger partial charge in [-0.3, -0.25) is 0 Å². The van der Waals surface area contributed by atoms with Crippen molar-refractivity contribution in [1.29, 1.82) is 0 Å². The molecule has 4 rings (SSSR count). The zero-order valence-electron chi connectivity index (χ0n) is 19.3. The lowest BCUT2D eigenvalue weighted by Gasteiger charge is -2.10. The molecule has 0 aliphatic heterocycles. The van der Waals surface area contributed by atoms with Crippen LogP contribution in [0.15, 0.2) is 29.7 Å². The molecule has 9 heteroatoms. The number of ether oxygens (including phenoxy) is 2. The van der Waals surface area contributed by atoms with Gasteiger partial charge in [0.1, 0.15) is 12.0 Å². The van der Waals surface area contributed by atoms with E-state index in [9.17, 15) is 0 Å². The van der Waals surface area contributed by atoms with Crippen molar-refractivity contribution in [3.05, 3.63) is 47.2 Å².